The molecule has 0 aromatic heterocycles. The molecule has 2 aromatic rings. The van der Waals surface area contributed by atoms with E-state index in [2.05, 4.69) is 30.1 Å². The van der Waals surface area contributed by atoms with E-state index in [1.807, 2.05) is 67.6 Å². The molecule has 1 heterocycles. The molecular weight excluding hydrogens is 612 g/mol. The summed E-state index contributed by atoms with van der Waals surface area (Å²) in [6.45, 7) is 3.22. The van der Waals surface area contributed by atoms with Crippen LogP contribution in [-0.4, -0.2) is 76.9 Å². The topological polar surface area (TPSA) is 241 Å². The van der Waals surface area contributed by atoms with Gasteiger partial charge < -0.3 is 24.1 Å². The molecular formula is C30H36N10O7. The minimum atomic E-state index is -1.60. The summed E-state index contributed by atoms with van der Waals surface area (Å²) in [6.07, 6.45) is -6.10. The molecule has 0 radical (unpaired) electrons. The van der Waals surface area contributed by atoms with Gasteiger partial charge >= 0.3 is 12.1 Å². The molecule has 17 heteroatoms. The van der Waals surface area contributed by atoms with Gasteiger partial charge in [-0.1, -0.05) is 76.0 Å². The third kappa shape index (κ3) is 9.27. The van der Waals surface area contributed by atoms with Crippen LogP contribution in [0, 0.1) is 0 Å². The van der Waals surface area contributed by atoms with Crippen molar-refractivity contribution in [3.63, 3.8) is 0 Å². The molecule has 2 aromatic carbocycles. The number of carbonyl (C=O) groups excluding carboxylic acids is 2. The molecule has 1 saturated heterocycles. The van der Waals surface area contributed by atoms with Crippen LogP contribution in [0.4, 0.5) is 4.79 Å². The van der Waals surface area contributed by atoms with Crippen LogP contribution < -0.4 is 0 Å². The molecule has 1 amide bonds. The van der Waals surface area contributed by atoms with Crippen LogP contribution in [-0.2, 0) is 36.9 Å². The van der Waals surface area contributed by atoms with Crippen LogP contribution in [0.15, 0.2) is 76.0 Å². The van der Waals surface area contributed by atoms with Crippen molar-refractivity contribution < 1.29 is 33.6 Å². The normalized spacial score (nSPS) is 27.5. The Morgan fingerprint density at radius 3 is 2.09 bits per heavy atom. The van der Waals surface area contributed by atoms with Crippen molar-refractivity contribution in [3.05, 3.63) is 103 Å². The van der Waals surface area contributed by atoms with E-state index in [1.165, 1.54) is 0 Å². The molecule has 1 saturated carbocycles. The van der Waals surface area contributed by atoms with Crippen molar-refractivity contribution in [3.8, 4) is 0 Å². The van der Waals surface area contributed by atoms with Crippen LogP contribution >= 0.6 is 0 Å². The summed E-state index contributed by atoms with van der Waals surface area (Å²) >= 11 is 0. The lowest BCUT2D eigenvalue weighted by Gasteiger charge is -2.45. The van der Waals surface area contributed by atoms with Gasteiger partial charge in [0.1, 0.15) is 18.8 Å². The first-order chi connectivity index (χ1) is 22.7. The van der Waals surface area contributed by atoms with Crippen molar-refractivity contribution in [2.45, 2.75) is 101 Å². The van der Waals surface area contributed by atoms with Gasteiger partial charge in [-0.3, -0.25) is 9.69 Å². The van der Waals surface area contributed by atoms with Crippen molar-refractivity contribution in [2.24, 2.45) is 15.3 Å². The zero-order chi connectivity index (χ0) is 33.8. The van der Waals surface area contributed by atoms with Gasteiger partial charge in [-0.2, -0.15) is 0 Å². The summed E-state index contributed by atoms with van der Waals surface area (Å²) in [4.78, 5) is 35.4. The van der Waals surface area contributed by atoms with Gasteiger partial charge in [0.15, 0.2) is 6.29 Å². The molecule has 17 nitrogen and oxygen atoms in total. The van der Waals surface area contributed by atoms with Gasteiger partial charge in [-0.15, -0.1) is 0 Å². The Morgan fingerprint density at radius 1 is 0.915 bits per heavy atom. The van der Waals surface area contributed by atoms with Gasteiger partial charge in [-0.25, -0.2) is 4.79 Å². The van der Waals surface area contributed by atoms with E-state index < -0.39 is 66.9 Å². The molecule has 248 valence electrons. The number of aliphatic hydroxyl groups excluding tert-OH is 1. The summed E-state index contributed by atoms with van der Waals surface area (Å²) in [5.74, 6) is -0.736. The highest BCUT2D eigenvalue weighted by molar-refractivity contribution is 5.68. The van der Waals surface area contributed by atoms with Gasteiger partial charge in [0.25, 0.3) is 0 Å². The molecule has 9 atom stereocenters. The number of hydrogen-bond donors (Lipinski definition) is 1. The van der Waals surface area contributed by atoms with Crippen molar-refractivity contribution in [2.75, 3.05) is 0 Å². The van der Waals surface area contributed by atoms with Gasteiger partial charge in [0.05, 0.1) is 36.4 Å². The van der Waals surface area contributed by atoms with Crippen molar-refractivity contribution in [1.29, 1.82) is 0 Å². The van der Waals surface area contributed by atoms with E-state index in [9.17, 15) is 25.8 Å². The predicted octanol–water partition coefficient (Wildman–Crippen LogP) is 5.84. The number of esters is 1. The highest BCUT2D eigenvalue weighted by Crippen LogP contribution is 2.35. The molecule has 0 bridgehead atoms. The second-order valence-corrected chi connectivity index (χ2v) is 11.2. The minimum Gasteiger partial charge on any atom is -0.459 e. The Hall–Kier alpha value is -5.01. The number of amides is 1. The van der Waals surface area contributed by atoms with Crippen molar-refractivity contribution in [1.82, 2.24) is 4.90 Å². The third-order valence-corrected chi connectivity index (χ3v) is 8.14. The van der Waals surface area contributed by atoms with E-state index in [0.29, 0.717) is 12.8 Å². The summed E-state index contributed by atoms with van der Waals surface area (Å²) < 4.78 is 23.5. The maximum atomic E-state index is 13.5. The van der Waals surface area contributed by atoms with Gasteiger partial charge in [0, 0.05) is 28.2 Å². The Balaban J connectivity index is 1.58. The number of hydrogen-bond acceptors (Lipinski definition) is 10. The van der Waals surface area contributed by atoms with Crippen LogP contribution in [0.5, 0.6) is 0 Å². The van der Waals surface area contributed by atoms with Crippen LogP contribution in [0.1, 0.15) is 44.2 Å². The quantitative estimate of drug-likeness (QED) is 0.127. The molecule has 4 rings (SSSR count). The zero-order valence-corrected chi connectivity index (χ0v) is 25.9. The fraction of sp³-hybridized carbons (Fsp3) is 0.533. The average molecular weight is 649 g/mol. The van der Waals surface area contributed by atoms with Crippen LogP contribution in [0.2, 0.25) is 0 Å². The number of aliphatic hydroxyl groups is 1. The predicted molar refractivity (Wildman–Crippen MR) is 166 cm³/mol. The summed E-state index contributed by atoms with van der Waals surface area (Å²) in [5, 5.41) is 22.5. The number of carbonyl (C=O) groups is 2. The average Bonchev–Trinajstić information content (AvgIpc) is 3.07. The molecule has 0 unspecified atom stereocenters. The fourth-order valence-electron chi connectivity index (χ4n) is 5.80. The highest BCUT2D eigenvalue weighted by atomic mass is 16.7. The Labute approximate surface area is 270 Å². The smallest absolute Gasteiger partial charge is 0.410 e. The number of rotatable bonds is 12. The molecule has 2 fully saturated rings. The Kier molecular flexibility index (Phi) is 12.7. The first-order valence-corrected chi connectivity index (χ1v) is 15.1. The standard InChI is InChI=1S/C30H36N10O7/c1-18(40(16-20-9-5-3-6-10-20)30(43)44-17-21-11-7-4-8-12-21)25-14-13-22(34-37-31)29(46-25)47-28-24(36-39-33)15-23(35-38-32)27(26(28)42)45-19(2)41/h3-12,18,22-29,42H,13-17H2,1-2H3/t18-,22+,23+,24-,25-,26+,27-,28+,29+/m0/s1. The lowest BCUT2D eigenvalue weighted by atomic mass is 9.84. The fourth-order valence-corrected chi connectivity index (χ4v) is 5.80. The van der Waals surface area contributed by atoms with E-state index >= 15 is 0 Å². The van der Waals surface area contributed by atoms with E-state index in [-0.39, 0.29) is 19.6 Å². The largest absolute Gasteiger partial charge is 0.459 e. The number of azide groups is 3. The first kappa shape index (κ1) is 34.9. The van der Waals surface area contributed by atoms with Crippen molar-refractivity contribution >= 4 is 12.1 Å². The second kappa shape index (κ2) is 17.1. The SMILES string of the molecule is CC(=O)O[C@@H]1[C@@H](O)[C@H](O[C@H]2O[C@H]([C@H](C)N(Cc3ccccc3)C(=O)OCc3ccccc3)CC[C@H]2N=[N+]=[N-])[C@@H](N=[N+]=[N-])C[C@H]1N=[N+]=[N-]. The van der Waals surface area contributed by atoms with E-state index in [1.54, 1.807) is 4.90 Å². The first-order valence-electron chi connectivity index (χ1n) is 15.1. The maximum absolute atomic E-state index is 13.5. The lowest BCUT2D eigenvalue weighted by molar-refractivity contribution is -0.260. The highest BCUT2D eigenvalue weighted by Gasteiger charge is 2.49. The number of benzene rings is 2. The molecule has 1 aliphatic heterocycles. The minimum absolute atomic E-state index is 0.0641. The monoisotopic (exact) mass is 648 g/mol. The molecule has 1 aliphatic carbocycles. The van der Waals surface area contributed by atoms with E-state index in [4.69, 9.17) is 24.5 Å². The molecule has 0 spiro atoms. The summed E-state index contributed by atoms with van der Waals surface area (Å²) in [5.41, 5.74) is 29.2. The number of nitrogens with zero attached hydrogens (tertiary/aromatic N) is 10. The van der Waals surface area contributed by atoms with Gasteiger partial charge in [-0.05, 0) is 53.9 Å². The van der Waals surface area contributed by atoms with Crippen LogP contribution in [0.25, 0.3) is 31.3 Å². The summed E-state index contributed by atoms with van der Waals surface area (Å²) in [6, 6.07) is 15.1. The Morgan fingerprint density at radius 2 is 1.49 bits per heavy atom. The van der Waals surface area contributed by atoms with Gasteiger partial charge in [0.2, 0.25) is 0 Å². The van der Waals surface area contributed by atoms with E-state index in [0.717, 1.165) is 18.1 Å². The molecule has 47 heavy (non-hydrogen) atoms. The molecule has 1 N–H and O–H groups in total. The Bertz CT molecular complexity index is 1500. The maximum Gasteiger partial charge on any atom is 0.410 e. The van der Waals surface area contributed by atoms with Crippen LogP contribution in [0.3, 0.4) is 0 Å². The second-order valence-electron chi connectivity index (χ2n) is 11.2. The number of ether oxygens (including phenoxy) is 4. The summed E-state index contributed by atoms with van der Waals surface area (Å²) in [7, 11) is 0. The third-order valence-electron chi connectivity index (χ3n) is 8.14. The lowest BCUT2D eigenvalue weighted by Crippen LogP contribution is -2.59. The molecule has 2 aliphatic rings. The zero-order valence-electron chi connectivity index (χ0n) is 25.9.